The summed E-state index contributed by atoms with van der Waals surface area (Å²) in [6, 6.07) is 9.32. The number of benzene rings is 2. The second-order valence-corrected chi connectivity index (χ2v) is 9.39. The van der Waals surface area contributed by atoms with Crippen LogP contribution in [-0.2, 0) is 14.6 Å². The molecule has 0 spiro atoms. The Bertz CT molecular complexity index is 1220. The molecule has 2 aromatic carbocycles. The molecule has 31 heavy (non-hydrogen) atoms. The van der Waals surface area contributed by atoms with Crippen LogP contribution in [0.25, 0.3) is 16.9 Å². The van der Waals surface area contributed by atoms with E-state index in [9.17, 15) is 17.4 Å². The van der Waals surface area contributed by atoms with E-state index in [0.29, 0.717) is 16.9 Å². The molecule has 0 saturated heterocycles. The van der Waals surface area contributed by atoms with Gasteiger partial charge in [0.25, 0.3) is 0 Å². The minimum atomic E-state index is -5.00. The fraction of sp³-hybridized carbons (Fsp3) is 0.0625. The predicted molar refractivity (Wildman–Crippen MR) is 117 cm³/mol. The summed E-state index contributed by atoms with van der Waals surface area (Å²) in [6.07, 6.45) is 1.37. The van der Waals surface area contributed by atoms with E-state index in [-0.39, 0.29) is 119 Å². The van der Waals surface area contributed by atoms with Crippen LogP contribution in [0.2, 0.25) is 5.15 Å². The Morgan fingerprint density at radius 1 is 1.16 bits per heavy atom. The number of nitrogens with one attached hydrogen (secondary N) is 1. The van der Waals surface area contributed by atoms with E-state index in [1.54, 1.807) is 6.07 Å². The molecular formula is C16H16ClFK2N3O6PS. The first-order valence-corrected chi connectivity index (χ1v) is 11.3. The third-order valence-corrected chi connectivity index (χ3v) is 6.89. The Balaban J connectivity index is 0.00000240. The third-order valence-electron chi connectivity index (χ3n) is 3.81. The van der Waals surface area contributed by atoms with Gasteiger partial charge < -0.3 is 14.5 Å². The average Bonchev–Trinajstić information content (AvgIpc) is 3.01. The Labute approximate surface area is 267 Å². The van der Waals surface area contributed by atoms with Gasteiger partial charge in [-0.05, 0) is 42.5 Å². The van der Waals surface area contributed by atoms with Gasteiger partial charge in [0.15, 0.2) is 16.7 Å². The molecule has 1 heterocycles. The second-order valence-electron chi connectivity index (χ2n) is 5.74. The molecule has 0 aliphatic heterocycles. The van der Waals surface area contributed by atoms with Gasteiger partial charge >= 0.3 is 111 Å². The zero-order valence-corrected chi connectivity index (χ0v) is 17.1. The Hall–Kier alpha value is 1.00. The zero-order chi connectivity index (χ0) is 21.4. The first kappa shape index (κ1) is 30.0. The maximum absolute atomic E-state index is 14.1. The SMILES string of the molecule is COc1ccc(-c2c(Cl)ncn2-c2ccc(S(=O)(=O)NP(=O)(O)O)cc2)cc1F.[KH].[KH]. The molecule has 0 fully saturated rings. The summed E-state index contributed by atoms with van der Waals surface area (Å²) in [4.78, 5) is 21.3. The Morgan fingerprint density at radius 3 is 2.29 bits per heavy atom. The van der Waals surface area contributed by atoms with Crippen LogP contribution in [0.15, 0.2) is 53.7 Å². The molecule has 0 amide bonds. The number of hydrogen-bond acceptors (Lipinski definition) is 5. The van der Waals surface area contributed by atoms with Crippen molar-refractivity contribution in [2.24, 2.45) is 0 Å². The summed E-state index contributed by atoms with van der Waals surface area (Å²) in [6.45, 7) is 0. The van der Waals surface area contributed by atoms with Gasteiger partial charge in [-0.15, -0.1) is 4.49 Å². The Kier molecular flexibility index (Phi) is 11.7. The van der Waals surface area contributed by atoms with E-state index in [0.717, 1.165) is 12.1 Å². The van der Waals surface area contributed by atoms with Crippen LogP contribution in [0.5, 0.6) is 5.75 Å². The van der Waals surface area contributed by atoms with Gasteiger partial charge in [0.1, 0.15) is 6.33 Å². The molecule has 3 N–H and O–H groups in total. The third kappa shape index (κ3) is 7.49. The van der Waals surface area contributed by atoms with Crippen molar-refractivity contribution in [1.82, 2.24) is 14.0 Å². The number of imidazole rings is 1. The van der Waals surface area contributed by atoms with Gasteiger partial charge in [0.2, 0.25) is 10.0 Å². The molecule has 3 rings (SSSR count). The summed E-state index contributed by atoms with van der Waals surface area (Å²) in [7, 11) is -8.07. The van der Waals surface area contributed by atoms with E-state index in [1.807, 2.05) is 0 Å². The van der Waals surface area contributed by atoms with Crippen LogP contribution in [-0.4, -0.2) is 138 Å². The van der Waals surface area contributed by atoms with Gasteiger partial charge in [-0.25, -0.2) is 22.4 Å². The second kappa shape index (κ2) is 12.1. The van der Waals surface area contributed by atoms with E-state index in [2.05, 4.69) is 4.98 Å². The summed E-state index contributed by atoms with van der Waals surface area (Å²) in [5, 5.41) is 0.0921. The number of methoxy groups -OCH3 is 1. The molecule has 0 atom stereocenters. The quantitative estimate of drug-likeness (QED) is 0.318. The number of rotatable bonds is 6. The van der Waals surface area contributed by atoms with Crippen molar-refractivity contribution in [3.05, 3.63) is 59.8 Å². The molecule has 158 valence electrons. The molecule has 0 radical (unpaired) electrons. The number of aromatic nitrogens is 2. The van der Waals surface area contributed by atoms with E-state index in [4.69, 9.17) is 26.1 Å². The van der Waals surface area contributed by atoms with Crippen molar-refractivity contribution in [2.75, 3.05) is 7.11 Å². The van der Waals surface area contributed by atoms with E-state index >= 15 is 0 Å². The van der Waals surface area contributed by atoms with Crippen LogP contribution in [0.3, 0.4) is 0 Å². The first-order chi connectivity index (χ1) is 13.5. The van der Waals surface area contributed by atoms with E-state index in [1.165, 1.54) is 46.8 Å². The van der Waals surface area contributed by atoms with Gasteiger partial charge in [0, 0.05) is 11.3 Å². The van der Waals surface area contributed by atoms with Gasteiger partial charge in [-0.2, -0.15) is 0 Å². The summed E-state index contributed by atoms with van der Waals surface area (Å²) in [5.41, 5.74) is 1.20. The molecule has 3 aromatic rings. The molecule has 0 bridgehead atoms. The number of hydrogen-bond donors (Lipinski definition) is 3. The Morgan fingerprint density at radius 2 is 1.77 bits per heavy atom. The average molecular weight is 542 g/mol. The number of halogens is 2. The van der Waals surface area contributed by atoms with Crippen LogP contribution in [0, 0.1) is 5.82 Å². The van der Waals surface area contributed by atoms with Crippen LogP contribution >= 0.6 is 19.3 Å². The van der Waals surface area contributed by atoms with Crippen molar-refractivity contribution in [1.29, 1.82) is 0 Å². The van der Waals surface area contributed by atoms with Crippen molar-refractivity contribution in [3.63, 3.8) is 0 Å². The molecule has 1 aromatic heterocycles. The summed E-state index contributed by atoms with van der Waals surface area (Å²) < 4.78 is 56.7. The minimum absolute atomic E-state index is 0. The van der Waals surface area contributed by atoms with Crippen molar-refractivity contribution >= 4 is 132 Å². The van der Waals surface area contributed by atoms with Crippen molar-refractivity contribution in [3.8, 4) is 22.7 Å². The molecule has 0 saturated carbocycles. The van der Waals surface area contributed by atoms with Crippen LogP contribution in [0.4, 0.5) is 4.39 Å². The number of ether oxygens (including phenoxy) is 1. The molecule has 0 aliphatic carbocycles. The molecule has 9 nitrogen and oxygen atoms in total. The van der Waals surface area contributed by atoms with Crippen molar-refractivity contribution < 1.29 is 31.9 Å². The monoisotopic (exact) mass is 541 g/mol. The van der Waals surface area contributed by atoms with Gasteiger partial charge in [0.05, 0.1) is 17.7 Å². The molecule has 15 heteroatoms. The fourth-order valence-electron chi connectivity index (χ4n) is 2.59. The topological polar surface area (TPSA) is 131 Å². The van der Waals surface area contributed by atoms with Crippen LogP contribution < -0.4 is 9.23 Å². The zero-order valence-electron chi connectivity index (χ0n) is 14.7. The number of nitrogens with zero attached hydrogens (tertiary/aromatic N) is 2. The number of sulfonamides is 1. The van der Waals surface area contributed by atoms with Gasteiger partial charge in [-0.3, -0.25) is 4.57 Å². The fourth-order valence-corrected chi connectivity index (χ4v) is 5.00. The summed E-state index contributed by atoms with van der Waals surface area (Å²) in [5.74, 6) is -0.540. The standard InChI is InChI=1S/C16H14ClFN3O6PS.2K.2H/c1-27-14-7-2-10(8-13(14)18)15-16(17)19-9-21(15)11-3-5-12(6-4-11)29(25,26)20-28(22,23)24;;;;/h2-9H,1H3,(H3,20,22,23,24);;;;. The predicted octanol–water partition coefficient (Wildman–Crippen LogP) is 1.41. The molecular weight excluding hydrogens is 526 g/mol. The first-order valence-electron chi connectivity index (χ1n) is 7.78. The normalized spacial score (nSPS) is 11.4. The van der Waals surface area contributed by atoms with Crippen LogP contribution in [0.1, 0.15) is 0 Å². The molecule has 0 aliphatic rings. The van der Waals surface area contributed by atoms with Crippen molar-refractivity contribution in [2.45, 2.75) is 4.90 Å². The maximum atomic E-state index is 14.1. The van der Waals surface area contributed by atoms with E-state index < -0.39 is 23.6 Å². The van der Waals surface area contributed by atoms with Gasteiger partial charge in [-0.1, -0.05) is 11.6 Å². The summed E-state index contributed by atoms with van der Waals surface area (Å²) >= 11 is 6.15. The molecule has 0 unspecified atom stereocenters.